The van der Waals surface area contributed by atoms with Crippen molar-refractivity contribution in [2.45, 2.75) is 6.54 Å². The van der Waals surface area contributed by atoms with E-state index in [9.17, 15) is 4.79 Å². The topological polar surface area (TPSA) is 63.2 Å². The molecule has 0 bridgehead atoms. The number of hydrogen-bond acceptors (Lipinski definition) is 3. The number of carbonyl (C=O) groups excluding carboxylic acids is 1. The minimum atomic E-state index is -0.747. The summed E-state index contributed by atoms with van der Waals surface area (Å²) in [5, 5.41) is 0. The Bertz CT molecular complexity index is 508. The van der Waals surface area contributed by atoms with Gasteiger partial charge in [0.2, 0.25) is 0 Å². The first-order chi connectivity index (χ1) is 8.78. The van der Waals surface area contributed by atoms with Gasteiger partial charge in [-0.2, -0.15) is 0 Å². The van der Waals surface area contributed by atoms with E-state index in [2.05, 4.69) is 5.73 Å². The summed E-state index contributed by atoms with van der Waals surface area (Å²) >= 11 is 0. The van der Waals surface area contributed by atoms with Crippen molar-refractivity contribution in [3.8, 4) is 11.5 Å². The lowest BCUT2D eigenvalue weighted by Gasteiger charge is -2.05. The van der Waals surface area contributed by atoms with Gasteiger partial charge in [-0.15, -0.1) is 0 Å². The van der Waals surface area contributed by atoms with Crippen LogP contribution in [0.4, 0.5) is 4.79 Å². The number of para-hydroxylation sites is 1. The second kappa shape index (κ2) is 5.84. The van der Waals surface area contributed by atoms with E-state index in [-0.39, 0.29) is 0 Å². The van der Waals surface area contributed by atoms with Crippen LogP contribution in [-0.2, 0) is 6.54 Å². The number of benzene rings is 2. The minimum Gasteiger partial charge on any atom is -0.395 e. The maximum Gasteiger partial charge on any atom is 0.519 e. The van der Waals surface area contributed by atoms with Gasteiger partial charge in [0.25, 0.3) is 0 Å². The van der Waals surface area contributed by atoms with E-state index in [1.54, 1.807) is 36.4 Å². The van der Waals surface area contributed by atoms with E-state index in [1.807, 2.05) is 18.2 Å². The predicted octanol–water partition coefficient (Wildman–Crippen LogP) is 2.01. The number of ether oxygens (including phenoxy) is 2. The molecular formula is C14H14NO3+. The highest BCUT2D eigenvalue weighted by atomic mass is 16.7. The molecule has 2 aromatic carbocycles. The van der Waals surface area contributed by atoms with Crippen molar-refractivity contribution < 1.29 is 20.0 Å². The SMILES string of the molecule is [NH3+]Cc1ccc(OC(=O)Oc2ccccc2)cc1. The van der Waals surface area contributed by atoms with Crippen molar-refractivity contribution in [3.63, 3.8) is 0 Å². The summed E-state index contributed by atoms with van der Waals surface area (Å²) in [7, 11) is 0. The van der Waals surface area contributed by atoms with E-state index in [0.717, 1.165) is 5.56 Å². The summed E-state index contributed by atoms with van der Waals surface area (Å²) in [5.41, 5.74) is 4.85. The molecule has 92 valence electrons. The van der Waals surface area contributed by atoms with Gasteiger partial charge in [-0.05, 0) is 36.4 Å². The van der Waals surface area contributed by atoms with Crippen molar-refractivity contribution in [1.82, 2.24) is 0 Å². The lowest BCUT2D eigenvalue weighted by Crippen LogP contribution is -2.47. The fourth-order valence-electron chi connectivity index (χ4n) is 1.43. The second-order valence-electron chi connectivity index (χ2n) is 3.66. The van der Waals surface area contributed by atoms with Crippen molar-refractivity contribution in [2.24, 2.45) is 0 Å². The molecule has 0 fully saturated rings. The van der Waals surface area contributed by atoms with Gasteiger partial charge in [-0.3, -0.25) is 0 Å². The highest BCUT2D eigenvalue weighted by Crippen LogP contribution is 2.14. The summed E-state index contributed by atoms with van der Waals surface area (Å²) < 4.78 is 10.0. The van der Waals surface area contributed by atoms with Crippen molar-refractivity contribution in [3.05, 3.63) is 60.2 Å². The predicted molar refractivity (Wildman–Crippen MR) is 66.1 cm³/mol. The molecule has 0 saturated heterocycles. The van der Waals surface area contributed by atoms with Crippen LogP contribution in [0.1, 0.15) is 5.56 Å². The number of hydrogen-bond donors (Lipinski definition) is 1. The van der Waals surface area contributed by atoms with Crippen molar-refractivity contribution in [2.75, 3.05) is 0 Å². The summed E-state index contributed by atoms with van der Waals surface area (Å²) in [4.78, 5) is 11.5. The molecule has 0 aliphatic rings. The van der Waals surface area contributed by atoms with Gasteiger partial charge in [-0.1, -0.05) is 18.2 Å². The lowest BCUT2D eigenvalue weighted by atomic mass is 10.2. The third-order valence-electron chi connectivity index (χ3n) is 2.36. The summed E-state index contributed by atoms with van der Waals surface area (Å²) in [5.74, 6) is 0.907. The fraction of sp³-hybridized carbons (Fsp3) is 0.0714. The van der Waals surface area contributed by atoms with E-state index in [1.165, 1.54) is 0 Å². The van der Waals surface area contributed by atoms with Gasteiger partial charge in [0.1, 0.15) is 11.5 Å². The van der Waals surface area contributed by atoms with Gasteiger partial charge in [0.05, 0.1) is 6.54 Å². The lowest BCUT2D eigenvalue weighted by molar-refractivity contribution is -0.386. The molecule has 0 spiro atoms. The van der Waals surface area contributed by atoms with Crippen LogP contribution in [0.2, 0.25) is 0 Å². The van der Waals surface area contributed by atoms with Crippen molar-refractivity contribution >= 4 is 6.16 Å². The highest BCUT2D eigenvalue weighted by molar-refractivity contribution is 5.67. The second-order valence-corrected chi connectivity index (χ2v) is 3.66. The molecule has 0 aliphatic carbocycles. The molecule has 18 heavy (non-hydrogen) atoms. The molecular weight excluding hydrogens is 230 g/mol. The molecule has 4 heteroatoms. The smallest absolute Gasteiger partial charge is 0.395 e. The average molecular weight is 244 g/mol. The average Bonchev–Trinajstić information content (AvgIpc) is 2.40. The molecule has 4 nitrogen and oxygen atoms in total. The van der Waals surface area contributed by atoms with Crippen LogP contribution in [0.15, 0.2) is 54.6 Å². The summed E-state index contributed by atoms with van der Waals surface area (Å²) in [6.07, 6.45) is -0.747. The fourth-order valence-corrected chi connectivity index (χ4v) is 1.43. The Balaban J connectivity index is 1.94. The first-order valence-corrected chi connectivity index (χ1v) is 5.61. The molecule has 3 N–H and O–H groups in total. The largest absolute Gasteiger partial charge is 0.519 e. The Kier molecular flexibility index (Phi) is 3.94. The molecule has 0 unspecified atom stereocenters. The van der Waals surface area contributed by atoms with Crippen LogP contribution in [0, 0.1) is 0 Å². The molecule has 2 aromatic rings. The zero-order valence-electron chi connectivity index (χ0n) is 9.84. The molecule has 0 atom stereocenters. The molecule has 0 radical (unpaired) electrons. The van der Waals surface area contributed by atoms with Crippen LogP contribution in [0.5, 0.6) is 11.5 Å². The van der Waals surface area contributed by atoms with Gasteiger partial charge >= 0.3 is 6.16 Å². The summed E-state index contributed by atoms with van der Waals surface area (Å²) in [6, 6.07) is 15.9. The van der Waals surface area contributed by atoms with E-state index in [0.29, 0.717) is 18.0 Å². The number of rotatable bonds is 3. The highest BCUT2D eigenvalue weighted by Gasteiger charge is 2.07. The zero-order valence-corrected chi connectivity index (χ0v) is 9.84. The zero-order chi connectivity index (χ0) is 12.8. The quantitative estimate of drug-likeness (QED) is 0.663. The van der Waals surface area contributed by atoms with Gasteiger partial charge in [0.15, 0.2) is 0 Å². The van der Waals surface area contributed by atoms with E-state index >= 15 is 0 Å². The Morgan fingerprint density at radius 3 is 2.00 bits per heavy atom. The van der Waals surface area contributed by atoms with Crippen LogP contribution in [-0.4, -0.2) is 6.16 Å². The third kappa shape index (κ3) is 3.33. The molecule has 0 heterocycles. The molecule has 0 aliphatic heterocycles. The molecule has 2 rings (SSSR count). The standard InChI is InChI=1S/C14H13NO3/c15-10-11-6-8-13(9-7-11)18-14(16)17-12-4-2-1-3-5-12/h1-9H,10,15H2/p+1. The normalized spacial score (nSPS) is 9.83. The Labute approximate surface area is 105 Å². The number of quaternary nitrogens is 1. The Morgan fingerprint density at radius 2 is 1.44 bits per heavy atom. The van der Waals surface area contributed by atoms with Gasteiger partial charge < -0.3 is 15.2 Å². The Morgan fingerprint density at radius 1 is 0.889 bits per heavy atom. The Hall–Kier alpha value is -2.33. The molecule has 0 aromatic heterocycles. The molecule has 0 saturated carbocycles. The van der Waals surface area contributed by atoms with Crippen LogP contribution in [0.3, 0.4) is 0 Å². The minimum absolute atomic E-state index is 0.452. The maximum absolute atomic E-state index is 11.5. The van der Waals surface area contributed by atoms with Crippen molar-refractivity contribution in [1.29, 1.82) is 0 Å². The first kappa shape index (κ1) is 12.1. The first-order valence-electron chi connectivity index (χ1n) is 5.61. The monoisotopic (exact) mass is 244 g/mol. The maximum atomic E-state index is 11.5. The van der Waals surface area contributed by atoms with E-state index < -0.39 is 6.16 Å². The number of carbonyl (C=O) groups is 1. The van der Waals surface area contributed by atoms with Crippen LogP contribution >= 0.6 is 0 Å². The third-order valence-corrected chi connectivity index (χ3v) is 2.36. The molecule has 0 amide bonds. The van der Waals surface area contributed by atoms with Gasteiger partial charge in [-0.25, -0.2) is 4.79 Å². The summed E-state index contributed by atoms with van der Waals surface area (Å²) in [6.45, 7) is 0.703. The van der Waals surface area contributed by atoms with Crippen LogP contribution in [0.25, 0.3) is 0 Å². The van der Waals surface area contributed by atoms with Gasteiger partial charge in [0, 0.05) is 5.56 Å². The van der Waals surface area contributed by atoms with E-state index in [4.69, 9.17) is 9.47 Å². The van der Waals surface area contributed by atoms with Crippen LogP contribution < -0.4 is 15.2 Å².